The van der Waals surface area contributed by atoms with E-state index in [-0.39, 0.29) is 15.5 Å². The van der Waals surface area contributed by atoms with Crippen LogP contribution in [0.3, 0.4) is 0 Å². The molecule has 0 saturated heterocycles. The van der Waals surface area contributed by atoms with Crippen LogP contribution in [0.4, 0.5) is 4.39 Å². The minimum Gasteiger partial charge on any atom is -0.495 e. The number of halogens is 2. The van der Waals surface area contributed by atoms with Crippen LogP contribution in [0.5, 0.6) is 5.75 Å². The van der Waals surface area contributed by atoms with Crippen LogP contribution in [-0.2, 0) is 5.41 Å². The Labute approximate surface area is 108 Å². The zero-order valence-corrected chi connectivity index (χ0v) is 11.7. The van der Waals surface area contributed by atoms with Gasteiger partial charge in [-0.1, -0.05) is 20.8 Å². The van der Waals surface area contributed by atoms with Crippen LogP contribution in [0, 0.1) is 5.82 Å². The first-order valence-electron chi connectivity index (χ1n) is 5.00. The van der Waals surface area contributed by atoms with Crippen LogP contribution in [0.1, 0.15) is 36.7 Å². The second kappa shape index (κ2) is 4.64. The number of rotatable bonds is 2. The van der Waals surface area contributed by atoms with Crippen LogP contribution in [0.2, 0.25) is 0 Å². The van der Waals surface area contributed by atoms with Gasteiger partial charge in [0, 0.05) is 5.56 Å². The molecular formula is C12H14BrFO3. The summed E-state index contributed by atoms with van der Waals surface area (Å²) in [5.41, 5.74) is -0.0561. The van der Waals surface area contributed by atoms with Gasteiger partial charge in [0.05, 0.1) is 17.1 Å². The minimum absolute atomic E-state index is 0.0461. The molecule has 1 aromatic rings. The van der Waals surface area contributed by atoms with Crippen LogP contribution in [0.15, 0.2) is 10.5 Å². The molecule has 1 rings (SSSR count). The molecule has 0 atom stereocenters. The molecule has 0 unspecified atom stereocenters. The summed E-state index contributed by atoms with van der Waals surface area (Å²) in [5, 5.41) is 8.94. The number of aromatic carboxylic acids is 1. The maximum absolute atomic E-state index is 13.8. The average molecular weight is 305 g/mol. The van der Waals surface area contributed by atoms with Gasteiger partial charge in [-0.2, -0.15) is 0 Å². The third-order valence-electron chi connectivity index (χ3n) is 2.40. The fraction of sp³-hybridized carbons (Fsp3) is 0.417. The molecule has 1 N–H and O–H groups in total. The Balaban J connectivity index is 3.65. The Morgan fingerprint density at radius 3 is 2.35 bits per heavy atom. The van der Waals surface area contributed by atoms with E-state index in [2.05, 4.69) is 15.9 Å². The molecule has 3 nitrogen and oxygen atoms in total. The highest BCUT2D eigenvalue weighted by atomic mass is 79.9. The van der Waals surface area contributed by atoms with Gasteiger partial charge in [0.15, 0.2) is 5.82 Å². The lowest BCUT2D eigenvalue weighted by Crippen LogP contribution is -2.16. The van der Waals surface area contributed by atoms with E-state index in [1.807, 2.05) is 20.8 Å². The molecule has 94 valence electrons. The first-order valence-corrected chi connectivity index (χ1v) is 5.79. The van der Waals surface area contributed by atoms with Crippen molar-refractivity contribution in [3.63, 3.8) is 0 Å². The highest BCUT2D eigenvalue weighted by Crippen LogP contribution is 2.39. The number of carbonyl (C=O) groups is 1. The Bertz CT molecular complexity index is 464. The zero-order chi connectivity index (χ0) is 13.4. The van der Waals surface area contributed by atoms with Gasteiger partial charge in [0.25, 0.3) is 0 Å². The van der Waals surface area contributed by atoms with Crippen molar-refractivity contribution in [2.24, 2.45) is 0 Å². The highest BCUT2D eigenvalue weighted by Gasteiger charge is 2.27. The molecule has 0 aromatic heterocycles. The molecule has 17 heavy (non-hydrogen) atoms. The lowest BCUT2D eigenvalue weighted by Gasteiger charge is -2.23. The van der Waals surface area contributed by atoms with E-state index in [0.717, 1.165) is 0 Å². The third kappa shape index (κ3) is 2.60. The Hall–Kier alpha value is -1.10. The predicted molar refractivity (Wildman–Crippen MR) is 66.3 cm³/mol. The molecule has 0 fully saturated rings. The van der Waals surface area contributed by atoms with Gasteiger partial charge < -0.3 is 9.84 Å². The maximum atomic E-state index is 13.8. The second-order valence-electron chi connectivity index (χ2n) is 4.69. The summed E-state index contributed by atoms with van der Waals surface area (Å²) in [7, 11) is 1.43. The van der Waals surface area contributed by atoms with Crippen LogP contribution in [0.25, 0.3) is 0 Å². The largest absolute Gasteiger partial charge is 0.495 e. The number of ether oxygens (including phenoxy) is 1. The zero-order valence-electron chi connectivity index (χ0n) is 10.1. The summed E-state index contributed by atoms with van der Waals surface area (Å²) in [6, 6.07) is 1.32. The van der Waals surface area contributed by atoms with Gasteiger partial charge in [0.2, 0.25) is 0 Å². The van der Waals surface area contributed by atoms with Crippen molar-refractivity contribution in [1.29, 1.82) is 0 Å². The number of methoxy groups -OCH3 is 1. The van der Waals surface area contributed by atoms with E-state index in [1.54, 1.807) is 0 Å². The van der Waals surface area contributed by atoms with Crippen molar-refractivity contribution in [3.05, 3.63) is 27.5 Å². The van der Waals surface area contributed by atoms with Crippen molar-refractivity contribution in [2.75, 3.05) is 7.11 Å². The molecule has 0 spiro atoms. The molecule has 0 aliphatic rings. The average Bonchev–Trinajstić information content (AvgIpc) is 2.19. The highest BCUT2D eigenvalue weighted by molar-refractivity contribution is 9.10. The monoisotopic (exact) mass is 304 g/mol. The number of hydrogen-bond acceptors (Lipinski definition) is 2. The van der Waals surface area contributed by atoms with Crippen molar-refractivity contribution < 1.29 is 19.0 Å². The van der Waals surface area contributed by atoms with Crippen LogP contribution < -0.4 is 4.74 Å². The molecule has 0 radical (unpaired) electrons. The first-order chi connectivity index (χ1) is 7.70. The lowest BCUT2D eigenvalue weighted by atomic mass is 9.85. The SMILES string of the molecule is COc1c(C(C)(C)C)cc(C(=O)O)c(F)c1Br. The van der Waals surface area contributed by atoms with E-state index >= 15 is 0 Å². The predicted octanol–water partition coefficient (Wildman–Crippen LogP) is 3.59. The molecule has 5 heteroatoms. The van der Waals surface area contributed by atoms with Gasteiger partial charge in [-0.3, -0.25) is 0 Å². The Kier molecular flexibility index (Phi) is 3.81. The quantitative estimate of drug-likeness (QED) is 0.908. The fourth-order valence-electron chi connectivity index (χ4n) is 1.52. The standard InChI is InChI=1S/C12H14BrFO3/c1-12(2,3)7-5-6(11(15)16)9(14)8(13)10(7)17-4/h5H,1-4H3,(H,15,16). The summed E-state index contributed by atoms with van der Waals surface area (Å²) >= 11 is 3.04. The minimum atomic E-state index is -1.30. The van der Waals surface area contributed by atoms with Gasteiger partial charge in [-0.25, -0.2) is 9.18 Å². The summed E-state index contributed by atoms with van der Waals surface area (Å²) in [4.78, 5) is 11.0. The van der Waals surface area contributed by atoms with Gasteiger partial charge in [0.1, 0.15) is 5.75 Å². The van der Waals surface area contributed by atoms with Gasteiger partial charge in [-0.05, 0) is 27.4 Å². The maximum Gasteiger partial charge on any atom is 0.338 e. The number of hydrogen-bond donors (Lipinski definition) is 1. The molecule has 0 aliphatic carbocycles. The van der Waals surface area contributed by atoms with E-state index in [9.17, 15) is 9.18 Å². The van der Waals surface area contributed by atoms with Crippen molar-refractivity contribution in [2.45, 2.75) is 26.2 Å². The summed E-state index contributed by atoms with van der Waals surface area (Å²) in [6.45, 7) is 5.71. The van der Waals surface area contributed by atoms with Crippen LogP contribution >= 0.6 is 15.9 Å². The Morgan fingerprint density at radius 2 is 2.00 bits per heavy atom. The smallest absolute Gasteiger partial charge is 0.338 e. The van der Waals surface area contributed by atoms with Crippen molar-refractivity contribution in [1.82, 2.24) is 0 Å². The van der Waals surface area contributed by atoms with E-state index in [4.69, 9.17) is 9.84 Å². The third-order valence-corrected chi connectivity index (χ3v) is 3.11. The molecule has 0 amide bonds. The normalized spacial score (nSPS) is 11.4. The molecule has 0 saturated carbocycles. The summed E-state index contributed by atoms with van der Waals surface area (Å²) in [6.07, 6.45) is 0. The van der Waals surface area contributed by atoms with Gasteiger partial charge >= 0.3 is 5.97 Å². The molecular weight excluding hydrogens is 291 g/mol. The lowest BCUT2D eigenvalue weighted by molar-refractivity contribution is 0.0691. The fourth-order valence-corrected chi connectivity index (χ4v) is 2.11. The number of carboxylic acids is 1. The second-order valence-corrected chi connectivity index (χ2v) is 5.48. The molecule has 1 aromatic carbocycles. The topological polar surface area (TPSA) is 46.5 Å². The number of carboxylic acid groups (broad SMARTS) is 1. The van der Waals surface area contributed by atoms with Crippen LogP contribution in [-0.4, -0.2) is 18.2 Å². The Morgan fingerprint density at radius 1 is 1.47 bits per heavy atom. The summed E-state index contributed by atoms with van der Waals surface area (Å²) in [5.74, 6) is -1.78. The van der Waals surface area contributed by atoms with E-state index < -0.39 is 11.8 Å². The summed E-state index contributed by atoms with van der Waals surface area (Å²) < 4.78 is 18.9. The molecule has 0 aliphatic heterocycles. The molecule has 0 bridgehead atoms. The van der Waals surface area contributed by atoms with Crippen molar-refractivity contribution in [3.8, 4) is 5.75 Å². The number of benzene rings is 1. The molecule has 0 heterocycles. The van der Waals surface area contributed by atoms with Crippen molar-refractivity contribution >= 4 is 21.9 Å². The first kappa shape index (κ1) is 14.0. The van der Waals surface area contributed by atoms with Gasteiger partial charge in [-0.15, -0.1) is 0 Å². The van der Waals surface area contributed by atoms with E-state index in [0.29, 0.717) is 11.3 Å². The van der Waals surface area contributed by atoms with E-state index in [1.165, 1.54) is 13.2 Å².